The summed E-state index contributed by atoms with van der Waals surface area (Å²) in [5.41, 5.74) is 0. The fourth-order valence-electron chi connectivity index (χ4n) is 2.85. The van der Waals surface area contributed by atoms with Crippen LogP contribution in [0, 0.1) is 5.92 Å². The standard InChI is InChI=1S/C11H20ClN/c12-7-5-10-6-8-13(9-10)11-3-1-2-4-11/h10-11H,1-9H2. The van der Waals surface area contributed by atoms with Gasteiger partial charge in [0.15, 0.2) is 0 Å². The van der Waals surface area contributed by atoms with Gasteiger partial charge in [-0.05, 0) is 38.1 Å². The third-order valence-corrected chi connectivity index (χ3v) is 3.89. The summed E-state index contributed by atoms with van der Waals surface area (Å²) in [6.45, 7) is 2.67. The molecule has 0 aromatic heterocycles. The van der Waals surface area contributed by atoms with Crippen LogP contribution in [0.2, 0.25) is 0 Å². The zero-order valence-corrected chi connectivity index (χ0v) is 9.10. The molecular weight excluding hydrogens is 182 g/mol. The zero-order valence-electron chi connectivity index (χ0n) is 8.34. The van der Waals surface area contributed by atoms with Crippen LogP contribution in [-0.4, -0.2) is 29.9 Å². The van der Waals surface area contributed by atoms with Crippen molar-refractivity contribution in [2.75, 3.05) is 19.0 Å². The Morgan fingerprint density at radius 1 is 1.15 bits per heavy atom. The summed E-state index contributed by atoms with van der Waals surface area (Å²) in [4.78, 5) is 2.71. The maximum absolute atomic E-state index is 5.77. The molecule has 2 heteroatoms. The van der Waals surface area contributed by atoms with Gasteiger partial charge in [-0.25, -0.2) is 0 Å². The van der Waals surface area contributed by atoms with E-state index >= 15 is 0 Å². The summed E-state index contributed by atoms with van der Waals surface area (Å²) in [6, 6.07) is 0.931. The van der Waals surface area contributed by atoms with Crippen molar-refractivity contribution in [1.82, 2.24) is 4.90 Å². The number of hydrogen-bond donors (Lipinski definition) is 0. The highest BCUT2D eigenvalue weighted by atomic mass is 35.5. The van der Waals surface area contributed by atoms with Crippen molar-refractivity contribution in [3.8, 4) is 0 Å². The van der Waals surface area contributed by atoms with E-state index in [1.165, 1.54) is 51.6 Å². The Kier molecular flexibility index (Phi) is 3.51. The minimum absolute atomic E-state index is 0.850. The van der Waals surface area contributed by atoms with Gasteiger partial charge in [-0.3, -0.25) is 0 Å². The Balaban J connectivity index is 1.76. The second-order valence-electron chi connectivity index (χ2n) is 4.57. The third kappa shape index (κ3) is 2.38. The predicted molar refractivity (Wildman–Crippen MR) is 57.3 cm³/mol. The molecule has 1 aliphatic carbocycles. The maximum Gasteiger partial charge on any atom is 0.0226 e. The van der Waals surface area contributed by atoms with Crippen molar-refractivity contribution in [2.24, 2.45) is 5.92 Å². The zero-order chi connectivity index (χ0) is 9.10. The minimum atomic E-state index is 0.850. The van der Waals surface area contributed by atoms with E-state index in [1.54, 1.807) is 0 Å². The average molecular weight is 202 g/mol. The van der Waals surface area contributed by atoms with Crippen LogP contribution in [-0.2, 0) is 0 Å². The Hall–Kier alpha value is 0.250. The summed E-state index contributed by atoms with van der Waals surface area (Å²) in [7, 11) is 0. The van der Waals surface area contributed by atoms with E-state index in [-0.39, 0.29) is 0 Å². The lowest BCUT2D eigenvalue weighted by Gasteiger charge is -2.23. The molecule has 1 heterocycles. The highest BCUT2D eigenvalue weighted by molar-refractivity contribution is 6.17. The molecule has 0 aromatic rings. The van der Waals surface area contributed by atoms with Gasteiger partial charge < -0.3 is 4.90 Å². The van der Waals surface area contributed by atoms with Gasteiger partial charge in [0, 0.05) is 18.5 Å². The van der Waals surface area contributed by atoms with E-state index in [0.717, 1.165) is 17.8 Å². The molecule has 1 saturated heterocycles. The Bertz CT molecular complexity index is 154. The maximum atomic E-state index is 5.77. The van der Waals surface area contributed by atoms with Gasteiger partial charge in [-0.2, -0.15) is 0 Å². The van der Waals surface area contributed by atoms with Gasteiger partial charge in [0.1, 0.15) is 0 Å². The topological polar surface area (TPSA) is 3.24 Å². The van der Waals surface area contributed by atoms with Crippen LogP contribution in [0.1, 0.15) is 38.5 Å². The molecule has 13 heavy (non-hydrogen) atoms. The van der Waals surface area contributed by atoms with Crippen LogP contribution in [0.15, 0.2) is 0 Å². The quantitative estimate of drug-likeness (QED) is 0.635. The van der Waals surface area contributed by atoms with Crippen LogP contribution in [0.3, 0.4) is 0 Å². The lowest BCUT2D eigenvalue weighted by Crippen LogP contribution is -2.30. The highest BCUT2D eigenvalue weighted by Crippen LogP contribution is 2.29. The van der Waals surface area contributed by atoms with Crippen LogP contribution < -0.4 is 0 Å². The van der Waals surface area contributed by atoms with Crippen LogP contribution in [0.5, 0.6) is 0 Å². The van der Waals surface area contributed by atoms with E-state index in [2.05, 4.69) is 4.90 Å². The average Bonchev–Trinajstić information content (AvgIpc) is 2.70. The summed E-state index contributed by atoms with van der Waals surface area (Å²) in [5, 5.41) is 0. The fraction of sp³-hybridized carbons (Fsp3) is 1.00. The first-order chi connectivity index (χ1) is 6.40. The van der Waals surface area contributed by atoms with Crippen molar-refractivity contribution >= 4 is 11.6 Å². The molecule has 76 valence electrons. The molecule has 1 unspecified atom stereocenters. The van der Waals surface area contributed by atoms with E-state index in [1.807, 2.05) is 0 Å². The molecule has 0 spiro atoms. The van der Waals surface area contributed by atoms with Gasteiger partial charge in [-0.1, -0.05) is 12.8 Å². The molecule has 0 amide bonds. The molecule has 1 atom stereocenters. The van der Waals surface area contributed by atoms with Crippen molar-refractivity contribution < 1.29 is 0 Å². The number of likely N-dealkylation sites (tertiary alicyclic amines) is 1. The van der Waals surface area contributed by atoms with Gasteiger partial charge in [0.2, 0.25) is 0 Å². The SMILES string of the molecule is ClCCC1CCN(C2CCCC2)C1. The Labute approximate surface area is 86.4 Å². The van der Waals surface area contributed by atoms with Crippen molar-refractivity contribution in [3.05, 3.63) is 0 Å². The van der Waals surface area contributed by atoms with Gasteiger partial charge in [0.25, 0.3) is 0 Å². The highest BCUT2D eigenvalue weighted by Gasteiger charge is 2.29. The summed E-state index contributed by atoms with van der Waals surface area (Å²) in [5.74, 6) is 1.75. The molecule has 1 nitrogen and oxygen atoms in total. The largest absolute Gasteiger partial charge is 0.300 e. The van der Waals surface area contributed by atoms with E-state index in [4.69, 9.17) is 11.6 Å². The second kappa shape index (κ2) is 4.65. The molecule has 2 aliphatic rings. The number of halogens is 1. The van der Waals surface area contributed by atoms with Crippen molar-refractivity contribution in [2.45, 2.75) is 44.6 Å². The lowest BCUT2D eigenvalue weighted by molar-refractivity contribution is 0.236. The first kappa shape index (κ1) is 9.79. The van der Waals surface area contributed by atoms with E-state index < -0.39 is 0 Å². The summed E-state index contributed by atoms with van der Waals surface area (Å²) < 4.78 is 0. The molecule has 0 radical (unpaired) electrons. The van der Waals surface area contributed by atoms with Gasteiger partial charge in [-0.15, -0.1) is 11.6 Å². The lowest BCUT2D eigenvalue weighted by atomic mass is 10.1. The number of alkyl halides is 1. The summed E-state index contributed by atoms with van der Waals surface area (Å²) in [6.07, 6.45) is 8.44. The van der Waals surface area contributed by atoms with E-state index in [9.17, 15) is 0 Å². The van der Waals surface area contributed by atoms with Crippen LogP contribution >= 0.6 is 11.6 Å². The first-order valence-electron chi connectivity index (χ1n) is 5.70. The minimum Gasteiger partial charge on any atom is -0.300 e. The normalized spacial score (nSPS) is 31.6. The number of rotatable bonds is 3. The second-order valence-corrected chi connectivity index (χ2v) is 4.94. The first-order valence-corrected chi connectivity index (χ1v) is 6.23. The molecule has 2 fully saturated rings. The monoisotopic (exact) mass is 201 g/mol. The smallest absolute Gasteiger partial charge is 0.0226 e. The molecule has 0 N–H and O–H groups in total. The van der Waals surface area contributed by atoms with Crippen LogP contribution in [0.4, 0.5) is 0 Å². The molecule has 2 rings (SSSR count). The number of hydrogen-bond acceptors (Lipinski definition) is 1. The third-order valence-electron chi connectivity index (χ3n) is 3.68. The van der Waals surface area contributed by atoms with Crippen molar-refractivity contribution in [1.29, 1.82) is 0 Å². The Morgan fingerprint density at radius 2 is 1.92 bits per heavy atom. The van der Waals surface area contributed by atoms with E-state index in [0.29, 0.717) is 0 Å². The predicted octanol–water partition coefficient (Wildman–Crippen LogP) is 2.88. The molecule has 0 bridgehead atoms. The molecule has 0 aromatic carbocycles. The van der Waals surface area contributed by atoms with Gasteiger partial charge >= 0.3 is 0 Å². The van der Waals surface area contributed by atoms with Gasteiger partial charge in [0.05, 0.1) is 0 Å². The molecule has 1 saturated carbocycles. The summed E-state index contributed by atoms with van der Waals surface area (Å²) >= 11 is 5.77. The molecular formula is C11H20ClN. The Morgan fingerprint density at radius 3 is 2.62 bits per heavy atom. The van der Waals surface area contributed by atoms with Crippen molar-refractivity contribution in [3.63, 3.8) is 0 Å². The molecule has 1 aliphatic heterocycles. The number of nitrogens with zero attached hydrogens (tertiary/aromatic N) is 1. The van der Waals surface area contributed by atoms with Crippen LogP contribution in [0.25, 0.3) is 0 Å². The fourth-order valence-corrected chi connectivity index (χ4v) is 3.16.